The number of benzene rings is 1. The molecule has 0 amide bonds. The van der Waals surface area contributed by atoms with Crippen molar-refractivity contribution < 1.29 is 4.74 Å². The number of hydrogen-bond donors (Lipinski definition) is 0. The first kappa shape index (κ1) is 11.1. The van der Waals surface area contributed by atoms with Gasteiger partial charge in [0.2, 0.25) is 6.21 Å². The molecule has 3 nitrogen and oxygen atoms in total. The number of thiazole rings is 1. The lowest BCUT2D eigenvalue weighted by atomic mass is 10.1. The summed E-state index contributed by atoms with van der Waals surface area (Å²) in [5.41, 5.74) is 0.527. The van der Waals surface area contributed by atoms with Gasteiger partial charge < -0.3 is 5.21 Å². The minimum atomic E-state index is -0.419. The molecule has 4 heteroatoms. The second-order valence-electron chi connectivity index (χ2n) is 4.65. The zero-order chi connectivity index (χ0) is 11.8. The summed E-state index contributed by atoms with van der Waals surface area (Å²) in [5.74, 6) is 0. The monoisotopic (exact) mass is 234 g/mol. The highest BCUT2D eigenvalue weighted by molar-refractivity contribution is 7.20. The quantitative estimate of drug-likeness (QED) is 0.329. The lowest BCUT2D eigenvalue weighted by Gasteiger charge is -2.17. The number of nitrogens with zero attached hydrogens (tertiary/aromatic N) is 2. The van der Waals surface area contributed by atoms with E-state index in [1.165, 1.54) is 11.3 Å². The van der Waals surface area contributed by atoms with E-state index in [0.717, 1.165) is 20.0 Å². The summed E-state index contributed by atoms with van der Waals surface area (Å²) in [5, 5.41) is 12.5. The molecule has 0 aliphatic rings. The third-order valence-electron chi connectivity index (χ3n) is 2.20. The fraction of sp³-hybridized carbons (Fsp3) is 0.333. The molecule has 0 spiro atoms. The Labute approximate surface area is 98.7 Å². The Morgan fingerprint density at radius 2 is 2.00 bits per heavy atom. The van der Waals surface area contributed by atoms with Crippen LogP contribution >= 0.6 is 11.3 Å². The summed E-state index contributed by atoms with van der Waals surface area (Å²) < 4.78 is 2.06. The highest BCUT2D eigenvalue weighted by Crippen LogP contribution is 2.20. The van der Waals surface area contributed by atoms with Crippen LogP contribution < -0.4 is 0 Å². The molecule has 0 aliphatic carbocycles. The fourth-order valence-electron chi connectivity index (χ4n) is 1.24. The Kier molecular flexibility index (Phi) is 2.68. The number of hydroxylamine groups is 1. The third-order valence-corrected chi connectivity index (χ3v) is 3.17. The molecule has 16 heavy (non-hydrogen) atoms. The van der Waals surface area contributed by atoms with E-state index >= 15 is 0 Å². The van der Waals surface area contributed by atoms with Crippen molar-refractivity contribution in [3.05, 3.63) is 34.5 Å². The smallest absolute Gasteiger partial charge is 0.211 e. The molecule has 0 unspecified atom stereocenters. The summed E-state index contributed by atoms with van der Waals surface area (Å²) >= 11 is 1.53. The zero-order valence-electron chi connectivity index (χ0n) is 9.60. The molecule has 0 N–H and O–H groups in total. The third kappa shape index (κ3) is 2.22. The van der Waals surface area contributed by atoms with Crippen molar-refractivity contribution in [1.29, 1.82) is 0 Å². The van der Waals surface area contributed by atoms with E-state index < -0.39 is 5.54 Å². The molecule has 0 saturated heterocycles. The van der Waals surface area contributed by atoms with Crippen LogP contribution in [0.1, 0.15) is 25.8 Å². The molecular formula is C12H14N2OS. The van der Waals surface area contributed by atoms with E-state index in [0.29, 0.717) is 0 Å². The molecule has 0 aliphatic heterocycles. The largest absolute Gasteiger partial charge is 0.623 e. The van der Waals surface area contributed by atoms with Crippen LogP contribution in [0.4, 0.5) is 0 Å². The van der Waals surface area contributed by atoms with Crippen LogP contribution in [0.25, 0.3) is 10.2 Å². The number of para-hydroxylation sites is 1. The van der Waals surface area contributed by atoms with Gasteiger partial charge in [0.1, 0.15) is 0 Å². The summed E-state index contributed by atoms with van der Waals surface area (Å²) in [4.78, 5) is 4.39. The molecule has 1 heterocycles. The van der Waals surface area contributed by atoms with E-state index in [2.05, 4.69) is 4.98 Å². The van der Waals surface area contributed by atoms with Gasteiger partial charge >= 0.3 is 0 Å². The molecule has 0 saturated carbocycles. The van der Waals surface area contributed by atoms with Crippen molar-refractivity contribution in [1.82, 2.24) is 4.98 Å². The van der Waals surface area contributed by atoms with Gasteiger partial charge in [-0.15, -0.1) is 11.3 Å². The average Bonchev–Trinajstić information content (AvgIpc) is 2.58. The van der Waals surface area contributed by atoms with Crippen LogP contribution in [0.3, 0.4) is 0 Å². The number of fused-ring (bicyclic) bond motifs is 1. The minimum Gasteiger partial charge on any atom is -0.623 e. The van der Waals surface area contributed by atoms with Crippen molar-refractivity contribution >= 4 is 27.8 Å². The normalized spacial score (nSPS) is 13.3. The zero-order valence-corrected chi connectivity index (χ0v) is 10.4. The Hall–Kier alpha value is -1.42. The van der Waals surface area contributed by atoms with Crippen LogP contribution in [0.15, 0.2) is 24.3 Å². The summed E-state index contributed by atoms with van der Waals surface area (Å²) in [6, 6.07) is 7.89. The van der Waals surface area contributed by atoms with Crippen LogP contribution in [0.5, 0.6) is 0 Å². The summed E-state index contributed by atoms with van der Waals surface area (Å²) in [6.07, 6.45) is 1.56. The fourth-order valence-corrected chi connectivity index (χ4v) is 2.12. The van der Waals surface area contributed by atoms with E-state index in [9.17, 15) is 5.21 Å². The first-order valence-corrected chi connectivity index (χ1v) is 5.95. The van der Waals surface area contributed by atoms with Crippen LogP contribution in [-0.2, 0) is 0 Å². The van der Waals surface area contributed by atoms with Crippen LogP contribution in [0.2, 0.25) is 0 Å². The Morgan fingerprint density at radius 1 is 1.31 bits per heavy atom. The van der Waals surface area contributed by atoms with Gasteiger partial charge in [-0.1, -0.05) is 12.1 Å². The van der Waals surface area contributed by atoms with Crippen molar-refractivity contribution in [2.75, 3.05) is 0 Å². The van der Waals surface area contributed by atoms with Gasteiger partial charge in [0.25, 0.3) is 0 Å². The van der Waals surface area contributed by atoms with Gasteiger partial charge in [-0.25, -0.2) is 9.72 Å². The first-order chi connectivity index (χ1) is 7.47. The first-order valence-electron chi connectivity index (χ1n) is 5.14. The molecule has 2 rings (SSSR count). The second-order valence-corrected chi connectivity index (χ2v) is 5.71. The van der Waals surface area contributed by atoms with Crippen molar-refractivity contribution in [2.45, 2.75) is 26.3 Å². The maximum absolute atomic E-state index is 11.7. The molecule has 2 aromatic rings. The molecule has 0 fully saturated rings. The highest BCUT2D eigenvalue weighted by atomic mass is 32.1. The van der Waals surface area contributed by atoms with Crippen LogP contribution in [-0.4, -0.2) is 21.5 Å². The second kappa shape index (κ2) is 3.87. The van der Waals surface area contributed by atoms with Gasteiger partial charge in [-0.05, 0) is 12.1 Å². The summed E-state index contributed by atoms with van der Waals surface area (Å²) in [6.45, 7) is 5.64. The molecule has 0 radical (unpaired) electrons. The predicted molar refractivity (Wildman–Crippen MR) is 68.2 cm³/mol. The van der Waals surface area contributed by atoms with Crippen LogP contribution in [0, 0.1) is 5.21 Å². The SMILES string of the molecule is CC(C)(C)[N+]([O-])=Cc1nc2ccccc2s1. The molecule has 1 aromatic carbocycles. The Bertz CT molecular complexity index is 504. The molecular weight excluding hydrogens is 220 g/mol. The lowest BCUT2D eigenvalue weighted by molar-refractivity contribution is -0.530. The van der Waals surface area contributed by atoms with Crippen molar-refractivity contribution in [2.24, 2.45) is 0 Å². The molecule has 0 bridgehead atoms. The van der Waals surface area contributed by atoms with Gasteiger partial charge in [0.15, 0.2) is 10.5 Å². The van der Waals surface area contributed by atoms with Gasteiger partial charge in [-0.3, -0.25) is 0 Å². The lowest BCUT2D eigenvalue weighted by Crippen LogP contribution is -2.29. The van der Waals surface area contributed by atoms with E-state index in [1.54, 1.807) is 6.21 Å². The molecule has 1 aromatic heterocycles. The number of rotatable bonds is 1. The van der Waals surface area contributed by atoms with E-state index in [4.69, 9.17) is 0 Å². The summed E-state index contributed by atoms with van der Waals surface area (Å²) in [7, 11) is 0. The molecule has 84 valence electrons. The standard InChI is InChI=1S/C12H14N2OS/c1-12(2,3)14(15)8-11-13-9-6-4-5-7-10(9)16-11/h4-8H,1-3H3. The maximum Gasteiger partial charge on any atom is 0.211 e. The Morgan fingerprint density at radius 3 is 2.62 bits per heavy atom. The van der Waals surface area contributed by atoms with E-state index in [1.807, 2.05) is 45.0 Å². The Balaban J connectivity index is 2.42. The van der Waals surface area contributed by atoms with Crippen molar-refractivity contribution in [3.63, 3.8) is 0 Å². The van der Waals surface area contributed by atoms with Gasteiger partial charge in [0, 0.05) is 20.8 Å². The average molecular weight is 234 g/mol. The van der Waals surface area contributed by atoms with Gasteiger partial charge in [-0.2, -0.15) is 0 Å². The number of aromatic nitrogens is 1. The van der Waals surface area contributed by atoms with E-state index in [-0.39, 0.29) is 0 Å². The molecule has 0 atom stereocenters. The van der Waals surface area contributed by atoms with Gasteiger partial charge in [0.05, 0.1) is 10.2 Å². The maximum atomic E-state index is 11.7. The topological polar surface area (TPSA) is 39.0 Å². The predicted octanol–water partition coefficient (Wildman–Crippen LogP) is 3.02. The number of hydrogen-bond acceptors (Lipinski definition) is 3. The minimum absolute atomic E-state index is 0.419. The highest BCUT2D eigenvalue weighted by Gasteiger charge is 2.18. The van der Waals surface area contributed by atoms with Crippen molar-refractivity contribution in [3.8, 4) is 0 Å².